The lowest BCUT2D eigenvalue weighted by molar-refractivity contribution is -0.142. The number of carbonyl (C=O) groups excluding carboxylic acids is 5. The molecule has 0 unspecified atom stereocenters. The number of Topliss-reactive ketones (excluding diaryl/α,β-unsaturated/α-hetero) is 1. The zero-order chi connectivity index (χ0) is 29.5. The Balaban J connectivity index is 1.50. The number of nitrogens with one attached hydrogen (secondary N) is 2. The van der Waals surface area contributed by atoms with Crippen LogP contribution >= 0.6 is 0 Å². The summed E-state index contributed by atoms with van der Waals surface area (Å²) in [5.41, 5.74) is 2.61. The summed E-state index contributed by atoms with van der Waals surface area (Å²) in [4.78, 5) is 64.6. The molecule has 0 spiro atoms. The fraction of sp³-hybridized carbons (Fsp3) is 0.290. The average molecular weight is 554 g/mol. The van der Waals surface area contributed by atoms with Crippen LogP contribution in [0.1, 0.15) is 55.3 Å². The SMILES string of the molecule is C[C@@H]1C(=O)N(N)C(=O)[C@H]1C(=O)[C@@H](NC(=O)C[C@H](NC(=O)/C=C/c1ccc(C#N)cc1)c1ccccc1)C1=CCCC1. The van der Waals surface area contributed by atoms with Gasteiger partial charge < -0.3 is 10.6 Å². The number of nitrogens with two attached hydrogens (primary N) is 1. The minimum Gasteiger partial charge on any atom is -0.345 e. The van der Waals surface area contributed by atoms with Crippen molar-refractivity contribution in [1.29, 1.82) is 5.26 Å². The fourth-order valence-electron chi connectivity index (χ4n) is 5.09. The number of ketones is 1. The summed E-state index contributed by atoms with van der Waals surface area (Å²) < 4.78 is 0. The lowest BCUT2D eigenvalue weighted by atomic mass is 9.85. The highest BCUT2D eigenvalue weighted by molar-refractivity contribution is 6.16. The number of amides is 4. The van der Waals surface area contributed by atoms with Gasteiger partial charge in [0, 0.05) is 6.08 Å². The number of nitriles is 1. The van der Waals surface area contributed by atoms with Crippen LogP contribution in [-0.4, -0.2) is 40.5 Å². The van der Waals surface area contributed by atoms with E-state index in [4.69, 9.17) is 11.1 Å². The monoisotopic (exact) mass is 553 g/mol. The Kier molecular flexibility index (Phi) is 9.22. The van der Waals surface area contributed by atoms with Crippen LogP contribution in [0.5, 0.6) is 0 Å². The van der Waals surface area contributed by atoms with Gasteiger partial charge in [-0.2, -0.15) is 5.26 Å². The molecule has 1 heterocycles. The summed E-state index contributed by atoms with van der Waals surface area (Å²) in [7, 11) is 0. The first-order chi connectivity index (χ1) is 19.7. The van der Waals surface area contributed by atoms with Gasteiger partial charge in [0.05, 0.1) is 30.0 Å². The molecule has 1 saturated heterocycles. The van der Waals surface area contributed by atoms with Crippen LogP contribution in [0, 0.1) is 23.2 Å². The van der Waals surface area contributed by atoms with Crippen molar-refractivity contribution in [3.63, 3.8) is 0 Å². The molecule has 0 radical (unpaired) electrons. The van der Waals surface area contributed by atoms with E-state index in [2.05, 4.69) is 10.6 Å². The van der Waals surface area contributed by atoms with Gasteiger partial charge in [-0.25, -0.2) is 10.9 Å². The Hall–Kier alpha value is -4.88. The molecule has 0 aromatic heterocycles. The molecule has 4 atom stereocenters. The van der Waals surface area contributed by atoms with Crippen LogP contribution in [0.2, 0.25) is 0 Å². The molecule has 10 heteroatoms. The zero-order valence-electron chi connectivity index (χ0n) is 22.6. The highest BCUT2D eigenvalue weighted by Gasteiger charge is 2.50. The molecule has 0 saturated carbocycles. The number of nitrogens with zero attached hydrogens (tertiary/aromatic N) is 2. The summed E-state index contributed by atoms with van der Waals surface area (Å²) in [6.45, 7) is 1.48. The van der Waals surface area contributed by atoms with Crippen LogP contribution in [0.25, 0.3) is 6.08 Å². The third-order valence-electron chi connectivity index (χ3n) is 7.35. The van der Waals surface area contributed by atoms with Crippen molar-refractivity contribution in [1.82, 2.24) is 15.6 Å². The largest absolute Gasteiger partial charge is 0.345 e. The molecular formula is C31H31N5O5. The minimum atomic E-state index is -1.28. The lowest BCUT2D eigenvalue weighted by Crippen LogP contribution is -2.48. The maximum absolute atomic E-state index is 13.6. The van der Waals surface area contributed by atoms with E-state index < -0.39 is 53.3 Å². The third-order valence-corrected chi connectivity index (χ3v) is 7.35. The number of hydrogen-bond acceptors (Lipinski definition) is 7. The topological polar surface area (TPSA) is 162 Å². The summed E-state index contributed by atoms with van der Waals surface area (Å²) >= 11 is 0. The van der Waals surface area contributed by atoms with Crippen LogP contribution in [0.15, 0.2) is 72.3 Å². The van der Waals surface area contributed by atoms with E-state index in [0.717, 1.165) is 18.4 Å². The van der Waals surface area contributed by atoms with Crippen molar-refractivity contribution in [3.8, 4) is 6.07 Å². The van der Waals surface area contributed by atoms with Gasteiger partial charge in [-0.05, 0) is 54.2 Å². The van der Waals surface area contributed by atoms with Gasteiger partial charge in [0.25, 0.3) is 5.91 Å². The maximum Gasteiger partial charge on any atom is 0.255 e. The summed E-state index contributed by atoms with van der Waals surface area (Å²) in [5, 5.41) is 15.0. The van der Waals surface area contributed by atoms with Gasteiger partial charge in [-0.15, -0.1) is 0 Å². The maximum atomic E-state index is 13.6. The highest BCUT2D eigenvalue weighted by Crippen LogP contribution is 2.30. The molecule has 4 N–H and O–H groups in total. The van der Waals surface area contributed by atoms with Gasteiger partial charge in [0.15, 0.2) is 5.78 Å². The first-order valence-corrected chi connectivity index (χ1v) is 13.4. The van der Waals surface area contributed by atoms with Gasteiger partial charge in [-0.3, -0.25) is 24.0 Å². The van der Waals surface area contributed by atoms with Gasteiger partial charge >= 0.3 is 0 Å². The molecule has 4 rings (SSSR count). The highest BCUT2D eigenvalue weighted by atomic mass is 16.2. The second kappa shape index (κ2) is 13.0. The Morgan fingerprint density at radius 2 is 1.78 bits per heavy atom. The molecule has 210 valence electrons. The number of carbonyl (C=O) groups is 5. The molecule has 2 aliphatic rings. The van der Waals surface area contributed by atoms with Crippen molar-refractivity contribution < 1.29 is 24.0 Å². The van der Waals surface area contributed by atoms with E-state index in [1.54, 1.807) is 54.6 Å². The molecule has 10 nitrogen and oxygen atoms in total. The number of imide groups is 1. The lowest BCUT2D eigenvalue weighted by Gasteiger charge is -2.24. The predicted molar refractivity (Wildman–Crippen MR) is 150 cm³/mol. The van der Waals surface area contributed by atoms with E-state index in [0.29, 0.717) is 28.1 Å². The number of allylic oxidation sites excluding steroid dienone is 1. The molecule has 1 fully saturated rings. The molecule has 1 aliphatic heterocycles. The summed E-state index contributed by atoms with van der Waals surface area (Å²) in [5.74, 6) is 0.421. The van der Waals surface area contributed by atoms with E-state index >= 15 is 0 Å². The van der Waals surface area contributed by atoms with Crippen LogP contribution in [0.3, 0.4) is 0 Å². The Morgan fingerprint density at radius 3 is 2.37 bits per heavy atom. The molecule has 2 aromatic carbocycles. The van der Waals surface area contributed by atoms with Gasteiger partial charge in [-0.1, -0.05) is 55.5 Å². The van der Waals surface area contributed by atoms with E-state index in [1.807, 2.05) is 18.2 Å². The second-order valence-corrected chi connectivity index (χ2v) is 10.1. The fourth-order valence-corrected chi connectivity index (χ4v) is 5.09. The van der Waals surface area contributed by atoms with Crippen molar-refractivity contribution in [2.24, 2.45) is 17.7 Å². The number of hydrazine groups is 1. The molecule has 2 aromatic rings. The standard InChI is InChI=1S/C31H31N5O5/c1-19-27(31(41)36(33)30(19)40)29(39)28(23-9-5-6-10-23)35-26(38)17-24(22-7-3-2-4-8-22)34-25(37)16-15-20-11-13-21(18-32)14-12-20/h2-4,7-9,11-16,19,24,27-28H,5-6,10,17,33H2,1H3,(H,34,37)(H,35,38)/b16-15+/t19-,24-,27+,28-/m0/s1. The smallest absolute Gasteiger partial charge is 0.255 e. The van der Waals surface area contributed by atoms with Gasteiger partial charge in [0.2, 0.25) is 17.7 Å². The van der Waals surface area contributed by atoms with Gasteiger partial charge in [0.1, 0.15) is 12.0 Å². The van der Waals surface area contributed by atoms with Crippen molar-refractivity contribution in [2.75, 3.05) is 0 Å². The first-order valence-electron chi connectivity index (χ1n) is 13.4. The normalized spacial score (nSPS) is 19.9. The second-order valence-electron chi connectivity index (χ2n) is 10.1. The van der Waals surface area contributed by atoms with Crippen LogP contribution in [0.4, 0.5) is 0 Å². The van der Waals surface area contributed by atoms with Crippen molar-refractivity contribution in [3.05, 3.63) is 89.0 Å². The first kappa shape index (κ1) is 29.1. The van der Waals surface area contributed by atoms with Crippen LogP contribution < -0.4 is 16.5 Å². The quantitative estimate of drug-likeness (QED) is 0.102. The molecule has 41 heavy (non-hydrogen) atoms. The summed E-state index contributed by atoms with van der Waals surface area (Å²) in [6, 6.07) is 15.9. The molecule has 4 amide bonds. The van der Waals surface area contributed by atoms with E-state index in [1.165, 1.54) is 13.0 Å². The molecular weight excluding hydrogens is 522 g/mol. The third kappa shape index (κ3) is 6.83. The van der Waals surface area contributed by atoms with E-state index in [9.17, 15) is 24.0 Å². The Morgan fingerprint density at radius 1 is 1.07 bits per heavy atom. The molecule has 1 aliphatic carbocycles. The van der Waals surface area contributed by atoms with Crippen LogP contribution in [-0.2, 0) is 24.0 Å². The number of benzene rings is 2. The number of rotatable bonds is 10. The Bertz CT molecular complexity index is 1440. The van der Waals surface area contributed by atoms with Crippen molar-refractivity contribution in [2.45, 2.75) is 44.7 Å². The minimum absolute atomic E-state index is 0.173. The molecule has 0 bridgehead atoms. The van der Waals surface area contributed by atoms with E-state index in [-0.39, 0.29) is 6.42 Å². The summed E-state index contributed by atoms with van der Waals surface area (Å²) in [6.07, 6.45) is 6.76. The predicted octanol–water partition coefficient (Wildman–Crippen LogP) is 2.48. The Labute approximate surface area is 237 Å². The average Bonchev–Trinajstić information content (AvgIpc) is 3.58. The number of hydrogen-bond donors (Lipinski definition) is 3. The zero-order valence-corrected chi connectivity index (χ0v) is 22.6. The van der Waals surface area contributed by atoms with Crippen molar-refractivity contribution >= 4 is 35.5 Å².